The highest BCUT2D eigenvalue weighted by Gasteiger charge is 2.30. The molecule has 0 unspecified atom stereocenters. The molecule has 1 atom stereocenters. The summed E-state index contributed by atoms with van der Waals surface area (Å²) in [6.45, 7) is 3.39. The Morgan fingerprint density at radius 1 is 1.07 bits per heavy atom. The van der Waals surface area contributed by atoms with E-state index in [0.717, 1.165) is 56.0 Å². The molecule has 1 heterocycles. The van der Waals surface area contributed by atoms with E-state index in [1.165, 1.54) is 0 Å². The zero-order chi connectivity index (χ0) is 20.5. The molecule has 1 saturated heterocycles. The van der Waals surface area contributed by atoms with Crippen molar-refractivity contribution in [2.24, 2.45) is 0 Å². The fourth-order valence-corrected chi connectivity index (χ4v) is 4.69. The molecule has 4 nitrogen and oxygen atoms in total. The second-order valence-corrected chi connectivity index (χ2v) is 8.95. The molecule has 156 valence electrons. The van der Waals surface area contributed by atoms with Gasteiger partial charge in [-0.25, -0.2) is 0 Å². The summed E-state index contributed by atoms with van der Waals surface area (Å²) in [5, 5.41) is -0.212. The lowest BCUT2D eigenvalue weighted by Crippen LogP contribution is -2.42. The van der Waals surface area contributed by atoms with E-state index in [-0.39, 0.29) is 17.3 Å². The summed E-state index contributed by atoms with van der Waals surface area (Å²) in [6.07, 6.45) is 3.17. The van der Waals surface area contributed by atoms with Gasteiger partial charge in [-0.05, 0) is 57.6 Å². The van der Waals surface area contributed by atoms with Crippen molar-refractivity contribution in [3.63, 3.8) is 0 Å². The van der Waals surface area contributed by atoms with E-state index < -0.39 is 0 Å². The highest BCUT2D eigenvalue weighted by atomic mass is 32.2. The molecular weight excluding hydrogens is 380 g/mol. The number of carbonyl (C=O) groups excluding carboxylic acids is 1. The Hall–Kier alpha value is -1.82. The molecule has 5 heteroatoms. The van der Waals surface area contributed by atoms with Crippen LogP contribution in [-0.2, 0) is 9.53 Å². The van der Waals surface area contributed by atoms with Crippen LogP contribution >= 0.6 is 11.8 Å². The average Bonchev–Trinajstić information content (AvgIpc) is 2.76. The van der Waals surface area contributed by atoms with E-state index in [4.69, 9.17) is 4.74 Å². The first-order valence-electron chi connectivity index (χ1n) is 10.5. The van der Waals surface area contributed by atoms with Crippen LogP contribution in [0.3, 0.4) is 0 Å². The Kier molecular flexibility index (Phi) is 8.59. The minimum absolute atomic E-state index is 0.205. The third-order valence-electron chi connectivity index (χ3n) is 5.18. The fraction of sp³-hybridized carbons (Fsp3) is 0.458. The number of likely N-dealkylation sites (tertiary alicyclic amines) is 1. The van der Waals surface area contributed by atoms with Crippen LogP contribution in [-0.4, -0.2) is 62.1 Å². The maximum atomic E-state index is 13.4. The molecule has 1 fully saturated rings. The van der Waals surface area contributed by atoms with Crippen molar-refractivity contribution in [3.05, 3.63) is 66.2 Å². The van der Waals surface area contributed by atoms with E-state index >= 15 is 0 Å². The molecular formula is C24H32N2O2S. The Morgan fingerprint density at radius 2 is 1.69 bits per heavy atom. The van der Waals surface area contributed by atoms with Crippen LogP contribution < -0.4 is 0 Å². The van der Waals surface area contributed by atoms with Crippen molar-refractivity contribution < 1.29 is 9.53 Å². The molecule has 1 aliphatic heterocycles. The lowest BCUT2D eigenvalue weighted by atomic mass is 10.1. The molecule has 3 rings (SSSR count). The van der Waals surface area contributed by atoms with E-state index in [9.17, 15) is 4.79 Å². The van der Waals surface area contributed by atoms with Gasteiger partial charge >= 0.3 is 0 Å². The van der Waals surface area contributed by atoms with Crippen molar-refractivity contribution >= 4 is 17.7 Å². The minimum Gasteiger partial charge on any atom is -0.378 e. The highest BCUT2D eigenvalue weighted by molar-refractivity contribution is 8.00. The number of nitrogens with zero attached hydrogens (tertiary/aromatic N) is 2. The normalized spacial score (nSPS) is 16.2. The summed E-state index contributed by atoms with van der Waals surface area (Å²) in [5.41, 5.74) is 1.06. The van der Waals surface area contributed by atoms with Gasteiger partial charge in [-0.1, -0.05) is 48.5 Å². The lowest BCUT2D eigenvalue weighted by Gasteiger charge is -2.34. The molecule has 0 aliphatic carbocycles. The smallest absolute Gasteiger partial charge is 0.240 e. The van der Waals surface area contributed by atoms with Crippen LogP contribution in [0.15, 0.2) is 65.6 Å². The quantitative estimate of drug-likeness (QED) is 0.449. The van der Waals surface area contributed by atoms with Crippen LogP contribution in [0.1, 0.15) is 30.1 Å². The Bertz CT molecular complexity index is 731. The third-order valence-corrected chi connectivity index (χ3v) is 6.43. The van der Waals surface area contributed by atoms with Crippen LogP contribution in [0.4, 0.5) is 0 Å². The third kappa shape index (κ3) is 6.88. The van der Waals surface area contributed by atoms with Gasteiger partial charge in [0.2, 0.25) is 5.91 Å². The Morgan fingerprint density at radius 3 is 2.31 bits per heavy atom. The number of amides is 1. The number of carbonyl (C=O) groups is 1. The molecule has 0 spiro atoms. The second-order valence-electron chi connectivity index (χ2n) is 7.77. The standard InChI is InChI=1S/C24H32N2O2S/c1-25(2)16-9-19-28-21-14-17-26(18-15-21)24(27)23(20-10-5-3-6-11-20)29-22-12-7-4-8-13-22/h3-8,10-13,21,23H,9,14-19H2,1-2H3/t23-/m1/s1. The van der Waals surface area contributed by atoms with Crippen LogP contribution in [0.5, 0.6) is 0 Å². The average molecular weight is 413 g/mol. The first-order valence-corrected chi connectivity index (χ1v) is 11.3. The fourth-order valence-electron chi connectivity index (χ4n) is 3.56. The monoisotopic (exact) mass is 412 g/mol. The molecule has 0 bridgehead atoms. The highest BCUT2D eigenvalue weighted by Crippen LogP contribution is 2.37. The molecule has 0 aromatic heterocycles. The van der Waals surface area contributed by atoms with Gasteiger partial charge in [0, 0.05) is 24.6 Å². The van der Waals surface area contributed by atoms with E-state index in [1.54, 1.807) is 11.8 Å². The second kappa shape index (κ2) is 11.4. The predicted octanol–water partition coefficient (Wildman–Crippen LogP) is 4.48. The van der Waals surface area contributed by atoms with Gasteiger partial charge in [-0.15, -0.1) is 11.8 Å². The summed E-state index contributed by atoms with van der Waals surface area (Å²) < 4.78 is 6.03. The topological polar surface area (TPSA) is 32.8 Å². The number of rotatable bonds is 9. The van der Waals surface area contributed by atoms with Gasteiger partial charge in [0.25, 0.3) is 0 Å². The summed E-state index contributed by atoms with van der Waals surface area (Å²) in [7, 11) is 4.17. The van der Waals surface area contributed by atoms with E-state index in [2.05, 4.69) is 43.3 Å². The molecule has 29 heavy (non-hydrogen) atoms. The predicted molar refractivity (Wildman–Crippen MR) is 120 cm³/mol. The Labute approximate surface area is 179 Å². The van der Waals surface area contributed by atoms with Gasteiger partial charge in [0.15, 0.2) is 0 Å². The first-order chi connectivity index (χ1) is 14.1. The molecule has 0 N–H and O–H groups in total. The van der Waals surface area contributed by atoms with E-state index in [0.29, 0.717) is 0 Å². The van der Waals surface area contributed by atoms with Crippen molar-refractivity contribution in [2.75, 3.05) is 40.3 Å². The largest absolute Gasteiger partial charge is 0.378 e. The molecule has 2 aromatic carbocycles. The number of benzene rings is 2. The number of hydrogen-bond donors (Lipinski definition) is 0. The summed E-state index contributed by atoms with van der Waals surface area (Å²) >= 11 is 1.64. The van der Waals surface area contributed by atoms with Crippen LogP contribution in [0.25, 0.3) is 0 Å². The SMILES string of the molecule is CN(C)CCCOC1CCN(C(=O)[C@H](Sc2ccccc2)c2ccccc2)CC1. The van der Waals surface area contributed by atoms with Crippen molar-refractivity contribution in [1.29, 1.82) is 0 Å². The van der Waals surface area contributed by atoms with E-state index in [1.807, 2.05) is 41.3 Å². The van der Waals surface area contributed by atoms with Crippen LogP contribution in [0, 0.1) is 0 Å². The first kappa shape index (κ1) is 21.9. The van der Waals surface area contributed by atoms with Crippen LogP contribution in [0.2, 0.25) is 0 Å². The van der Waals surface area contributed by atoms with Crippen molar-refractivity contribution in [3.8, 4) is 0 Å². The summed E-state index contributed by atoms with van der Waals surface area (Å²) in [4.78, 5) is 18.7. The van der Waals surface area contributed by atoms with Gasteiger partial charge in [-0.2, -0.15) is 0 Å². The van der Waals surface area contributed by atoms with Gasteiger partial charge in [0.05, 0.1) is 6.10 Å². The zero-order valence-electron chi connectivity index (χ0n) is 17.5. The maximum Gasteiger partial charge on any atom is 0.240 e. The van der Waals surface area contributed by atoms with Crippen molar-refractivity contribution in [2.45, 2.75) is 35.5 Å². The Balaban J connectivity index is 1.57. The van der Waals surface area contributed by atoms with Gasteiger partial charge in [0.1, 0.15) is 5.25 Å². The summed E-state index contributed by atoms with van der Waals surface area (Å²) in [6, 6.07) is 20.3. The number of thioether (sulfide) groups is 1. The number of piperidine rings is 1. The zero-order valence-corrected chi connectivity index (χ0v) is 18.3. The van der Waals surface area contributed by atoms with Gasteiger partial charge in [-0.3, -0.25) is 4.79 Å². The molecule has 2 aromatic rings. The molecule has 1 aliphatic rings. The lowest BCUT2D eigenvalue weighted by molar-refractivity contribution is -0.133. The molecule has 0 radical (unpaired) electrons. The number of hydrogen-bond acceptors (Lipinski definition) is 4. The minimum atomic E-state index is -0.212. The van der Waals surface area contributed by atoms with Crippen molar-refractivity contribution in [1.82, 2.24) is 9.80 Å². The number of ether oxygens (including phenoxy) is 1. The maximum absolute atomic E-state index is 13.4. The summed E-state index contributed by atoms with van der Waals surface area (Å²) in [5.74, 6) is 0.205. The van der Waals surface area contributed by atoms with Gasteiger partial charge < -0.3 is 14.5 Å². The molecule has 1 amide bonds. The molecule has 0 saturated carbocycles.